The van der Waals surface area contributed by atoms with Crippen molar-refractivity contribution < 1.29 is 24.5 Å². The van der Waals surface area contributed by atoms with Gasteiger partial charge in [-0.1, -0.05) is 6.92 Å². The van der Waals surface area contributed by atoms with Crippen molar-refractivity contribution in [2.75, 3.05) is 0 Å². The predicted molar refractivity (Wildman–Crippen MR) is 102 cm³/mol. The molecule has 2 bridgehead atoms. The van der Waals surface area contributed by atoms with Gasteiger partial charge in [0.05, 0.1) is 23.2 Å². The number of rotatable bonds is 1. The summed E-state index contributed by atoms with van der Waals surface area (Å²) in [6.45, 7) is 6.20. The van der Waals surface area contributed by atoms with Crippen LogP contribution in [-0.4, -0.2) is 46.2 Å². The highest BCUT2D eigenvalue weighted by Crippen LogP contribution is 2.71. The highest BCUT2D eigenvalue weighted by molar-refractivity contribution is 5.92. The molecule has 1 heterocycles. The first-order valence-electron chi connectivity index (χ1n) is 11.2. The smallest absolute Gasteiger partial charge is 0.170 e. The molecule has 11 atom stereocenters. The van der Waals surface area contributed by atoms with Crippen LogP contribution in [0.1, 0.15) is 65.7 Å². The number of ether oxygens (including phenoxy) is 1. The van der Waals surface area contributed by atoms with Crippen molar-refractivity contribution in [2.24, 2.45) is 40.4 Å². The number of ketones is 1. The molecule has 4 saturated carbocycles. The van der Waals surface area contributed by atoms with Gasteiger partial charge >= 0.3 is 0 Å². The van der Waals surface area contributed by atoms with Gasteiger partial charge in [-0.25, -0.2) is 0 Å². The zero-order valence-corrected chi connectivity index (χ0v) is 17.3. The molecule has 0 aromatic heterocycles. The SMILES string of the molecule is CC1OC23CCC(C1C=O)C2(C)C(=O)C(O)C1C3CCC2CC(O)CCC21C. The lowest BCUT2D eigenvalue weighted by Crippen LogP contribution is -2.74. The maximum atomic E-state index is 13.7. The van der Waals surface area contributed by atoms with Crippen LogP contribution in [0.5, 0.6) is 0 Å². The van der Waals surface area contributed by atoms with Gasteiger partial charge in [0.25, 0.3) is 0 Å². The van der Waals surface area contributed by atoms with Gasteiger partial charge in [0.1, 0.15) is 12.4 Å². The Morgan fingerprint density at radius 2 is 1.82 bits per heavy atom. The van der Waals surface area contributed by atoms with Crippen molar-refractivity contribution in [1.82, 2.24) is 0 Å². The first kappa shape index (κ1) is 19.2. The van der Waals surface area contributed by atoms with Crippen molar-refractivity contribution in [3.8, 4) is 0 Å². The van der Waals surface area contributed by atoms with E-state index in [0.717, 1.165) is 51.2 Å². The summed E-state index contributed by atoms with van der Waals surface area (Å²) in [6.07, 6.45) is 5.51. The second-order valence-electron chi connectivity index (χ2n) is 10.9. The Labute approximate surface area is 167 Å². The maximum absolute atomic E-state index is 13.7. The molecular formula is C23H34O5. The number of carbonyl (C=O) groups excluding carboxylic acids is 2. The first-order valence-corrected chi connectivity index (χ1v) is 11.2. The zero-order chi connectivity index (χ0) is 20.1. The number of carbonyl (C=O) groups is 2. The van der Waals surface area contributed by atoms with Crippen LogP contribution >= 0.6 is 0 Å². The molecule has 5 nitrogen and oxygen atoms in total. The number of fused-ring (bicyclic) bond motifs is 3. The van der Waals surface area contributed by atoms with Crippen LogP contribution in [-0.2, 0) is 14.3 Å². The standard InChI is InChI=1S/C23H34O5/c1-12-15(11-24)16-7-9-23(28-12)17-5-4-13-10-14(25)6-8-21(13,2)18(17)19(26)20(27)22(16,23)3/h11-19,25-26H,4-10H2,1-3H3. The summed E-state index contributed by atoms with van der Waals surface area (Å²) < 4.78 is 6.70. The fourth-order valence-electron chi connectivity index (χ4n) is 8.86. The van der Waals surface area contributed by atoms with E-state index in [1.54, 1.807) is 0 Å². The maximum Gasteiger partial charge on any atom is 0.170 e. The Balaban J connectivity index is 1.62. The van der Waals surface area contributed by atoms with Crippen LogP contribution in [0.2, 0.25) is 0 Å². The third-order valence-corrected chi connectivity index (χ3v) is 10.3. The number of aliphatic hydroxyl groups is 2. The lowest BCUT2D eigenvalue weighted by atomic mass is 9.41. The lowest BCUT2D eigenvalue weighted by Gasteiger charge is -2.67. The van der Waals surface area contributed by atoms with Gasteiger partial charge in [-0.2, -0.15) is 0 Å². The lowest BCUT2D eigenvalue weighted by molar-refractivity contribution is -0.282. The highest BCUT2D eigenvalue weighted by Gasteiger charge is 2.77. The fraction of sp³-hybridized carbons (Fsp3) is 0.913. The molecule has 11 unspecified atom stereocenters. The monoisotopic (exact) mass is 390 g/mol. The molecule has 0 radical (unpaired) electrons. The predicted octanol–water partition coefficient (Wildman–Crippen LogP) is 2.51. The molecule has 5 aliphatic rings. The van der Waals surface area contributed by atoms with E-state index in [1.807, 2.05) is 13.8 Å². The van der Waals surface area contributed by atoms with Gasteiger partial charge in [-0.3, -0.25) is 4.79 Å². The molecule has 5 fully saturated rings. The summed E-state index contributed by atoms with van der Waals surface area (Å²) >= 11 is 0. The summed E-state index contributed by atoms with van der Waals surface area (Å²) in [5.41, 5.74) is -1.47. The van der Waals surface area contributed by atoms with Crippen LogP contribution < -0.4 is 0 Å². The van der Waals surface area contributed by atoms with Gasteiger partial charge in [0, 0.05) is 11.8 Å². The molecule has 0 aromatic carbocycles. The second-order valence-corrected chi connectivity index (χ2v) is 10.9. The molecule has 1 saturated heterocycles. The Bertz CT molecular complexity index is 707. The summed E-state index contributed by atoms with van der Waals surface area (Å²) in [6, 6.07) is 0. The summed E-state index contributed by atoms with van der Waals surface area (Å²) in [5.74, 6) is -0.0231. The minimum absolute atomic E-state index is 0.0319. The van der Waals surface area contributed by atoms with E-state index in [9.17, 15) is 19.8 Å². The summed E-state index contributed by atoms with van der Waals surface area (Å²) in [5, 5.41) is 21.6. The molecule has 1 aliphatic heterocycles. The Morgan fingerprint density at radius 3 is 2.54 bits per heavy atom. The molecule has 0 spiro atoms. The van der Waals surface area contributed by atoms with E-state index < -0.39 is 17.1 Å². The number of hydrogen-bond acceptors (Lipinski definition) is 5. The van der Waals surface area contributed by atoms with Crippen molar-refractivity contribution >= 4 is 12.1 Å². The normalized spacial score (nSPS) is 60.5. The minimum atomic E-state index is -0.990. The van der Waals surface area contributed by atoms with Crippen LogP contribution in [0, 0.1) is 40.4 Å². The molecule has 5 rings (SSSR count). The molecule has 156 valence electrons. The Kier molecular flexibility index (Phi) is 4.04. The summed E-state index contributed by atoms with van der Waals surface area (Å²) in [4.78, 5) is 25.6. The Morgan fingerprint density at radius 1 is 1.07 bits per heavy atom. The molecule has 28 heavy (non-hydrogen) atoms. The minimum Gasteiger partial charge on any atom is -0.393 e. The van der Waals surface area contributed by atoms with Crippen LogP contribution in [0.25, 0.3) is 0 Å². The largest absolute Gasteiger partial charge is 0.393 e. The van der Waals surface area contributed by atoms with Crippen molar-refractivity contribution in [1.29, 1.82) is 0 Å². The third kappa shape index (κ3) is 1.99. The van der Waals surface area contributed by atoms with Crippen LogP contribution in [0.15, 0.2) is 0 Å². The van der Waals surface area contributed by atoms with Gasteiger partial charge in [0.15, 0.2) is 5.78 Å². The Hall–Kier alpha value is -0.780. The number of aliphatic hydroxyl groups excluding tert-OH is 2. The number of Topliss-reactive ketones (excluding diaryl/α,β-unsaturated/α-hetero) is 1. The zero-order valence-electron chi connectivity index (χ0n) is 17.3. The van der Waals surface area contributed by atoms with Crippen molar-refractivity contribution in [2.45, 2.75) is 89.6 Å². The number of hydrogen-bond donors (Lipinski definition) is 2. The van der Waals surface area contributed by atoms with E-state index in [2.05, 4.69) is 6.92 Å². The molecular weight excluding hydrogens is 356 g/mol. The topological polar surface area (TPSA) is 83.8 Å². The molecule has 5 heteroatoms. The van der Waals surface area contributed by atoms with Gasteiger partial charge < -0.3 is 19.7 Å². The van der Waals surface area contributed by atoms with Gasteiger partial charge in [0.2, 0.25) is 0 Å². The first-order chi connectivity index (χ1) is 13.2. The average molecular weight is 391 g/mol. The number of aldehydes is 1. The van der Waals surface area contributed by atoms with Crippen molar-refractivity contribution in [3.63, 3.8) is 0 Å². The third-order valence-electron chi connectivity index (χ3n) is 10.3. The van der Waals surface area contributed by atoms with Crippen LogP contribution in [0.3, 0.4) is 0 Å². The second kappa shape index (κ2) is 5.89. The summed E-state index contributed by atoms with van der Waals surface area (Å²) in [7, 11) is 0. The average Bonchev–Trinajstić information content (AvgIpc) is 2.85. The van der Waals surface area contributed by atoms with E-state index in [1.165, 1.54) is 0 Å². The van der Waals surface area contributed by atoms with Gasteiger partial charge in [-0.15, -0.1) is 0 Å². The van der Waals surface area contributed by atoms with E-state index >= 15 is 0 Å². The van der Waals surface area contributed by atoms with Crippen LogP contribution in [0.4, 0.5) is 0 Å². The van der Waals surface area contributed by atoms with E-state index in [-0.39, 0.29) is 47.1 Å². The quantitative estimate of drug-likeness (QED) is 0.672. The fourth-order valence-corrected chi connectivity index (χ4v) is 8.86. The molecule has 4 aliphatic carbocycles. The molecule has 0 aromatic rings. The van der Waals surface area contributed by atoms with E-state index in [0.29, 0.717) is 5.92 Å². The molecule has 2 N–H and O–H groups in total. The van der Waals surface area contributed by atoms with Crippen molar-refractivity contribution in [3.05, 3.63) is 0 Å². The molecule has 0 amide bonds. The highest BCUT2D eigenvalue weighted by atomic mass is 16.5. The van der Waals surface area contributed by atoms with E-state index in [4.69, 9.17) is 4.74 Å². The van der Waals surface area contributed by atoms with Gasteiger partial charge in [-0.05, 0) is 82.0 Å².